The average molecular weight is 287 g/mol. The number of pyridine rings is 1. The molecule has 0 aliphatic heterocycles. The minimum absolute atomic E-state index is 0.0638. The molecule has 0 saturated heterocycles. The number of rotatable bonds is 5. The molecule has 110 valence electrons. The summed E-state index contributed by atoms with van der Waals surface area (Å²) in [5.74, 6) is 0.142. The molecule has 1 heterocycles. The molecule has 2 rings (SSSR count). The molecule has 1 aromatic heterocycles. The van der Waals surface area contributed by atoms with Gasteiger partial charge in [-0.1, -0.05) is 6.07 Å². The van der Waals surface area contributed by atoms with Gasteiger partial charge in [0.25, 0.3) is 11.5 Å². The van der Waals surface area contributed by atoms with Gasteiger partial charge in [-0.15, -0.1) is 0 Å². The summed E-state index contributed by atoms with van der Waals surface area (Å²) in [5, 5.41) is 2.67. The normalized spacial score (nSPS) is 10.2. The third-order valence-electron chi connectivity index (χ3n) is 2.78. The van der Waals surface area contributed by atoms with Crippen LogP contribution < -0.4 is 21.3 Å². The van der Waals surface area contributed by atoms with E-state index in [4.69, 9.17) is 10.5 Å². The summed E-state index contributed by atoms with van der Waals surface area (Å²) in [6.07, 6.45) is 0. The number of aryl methyl sites for hydroxylation is 1. The Hall–Kier alpha value is -2.60. The topological polar surface area (TPSA) is 97.2 Å². The monoisotopic (exact) mass is 287 g/mol. The first-order valence-corrected chi connectivity index (χ1v) is 6.54. The minimum Gasteiger partial charge on any atom is -0.492 e. The van der Waals surface area contributed by atoms with E-state index >= 15 is 0 Å². The van der Waals surface area contributed by atoms with Crippen molar-refractivity contribution in [2.24, 2.45) is 5.73 Å². The van der Waals surface area contributed by atoms with Crippen LogP contribution in [0.3, 0.4) is 0 Å². The number of aromatic amines is 1. The SMILES string of the molecule is Cc1ccc(C(=O)Nc2cccc(OCCN)c2)c(=O)[nH]1. The Kier molecular flexibility index (Phi) is 4.73. The predicted molar refractivity (Wildman–Crippen MR) is 80.7 cm³/mol. The number of benzene rings is 1. The molecule has 4 N–H and O–H groups in total. The maximum Gasteiger partial charge on any atom is 0.261 e. The van der Waals surface area contributed by atoms with Crippen LogP contribution in [0.2, 0.25) is 0 Å². The minimum atomic E-state index is -0.466. The highest BCUT2D eigenvalue weighted by molar-refractivity contribution is 6.04. The quantitative estimate of drug-likeness (QED) is 0.771. The lowest BCUT2D eigenvalue weighted by Gasteiger charge is -2.08. The van der Waals surface area contributed by atoms with Crippen molar-refractivity contribution in [2.45, 2.75) is 6.92 Å². The van der Waals surface area contributed by atoms with Crippen molar-refractivity contribution in [1.29, 1.82) is 0 Å². The fourth-order valence-electron chi connectivity index (χ4n) is 1.79. The van der Waals surface area contributed by atoms with Gasteiger partial charge < -0.3 is 20.8 Å². The van der Waals surface area contributed by atoms with Gasteiger partial charge >= 0.3 is 0 Å². The number of carbonyl (C=O) groups excluding carboxylic acids is 1. The lowest BCUT2D eigenvalue weighted by atomic mass is 10.2. The standard InChI is InChI=1S/C15H17N3O3/c1-10-5-6-13(14(19)17-10)15(20)18-11-3-2-4-12(9-11)21-8-7-16/h2-6,9H,7-8,16H2,1H3,(H,17,19)(H,18,20). The second-order valence-corrected chi connectivity index (χ2v) is 4.50. The molecule has 21 heavy (non-hydrogen) atoms. The molecule has 6 heteroatoms. The van der Waals surface area contributed by atoms with Crippen LogP contribution in [-0.4, -0.2) is 24.0 Å². The van der Waals surface area contributed by atoms with Crippen LogP contribution >= 0.6 is 0 Å². The smallest absolute Gasteiger partial charge is 0.261 e. The third-order valence-corrected chi connectivity index (χ3v) is 2.78. The molecular formula is C15H17N3O3. The van der Waals surface area contributed by atoms with Crippen molar-refractivity contribution in [3.8, 4) is 5.75 Å². The van der Waals surface area contributed by atoms with Gasteiger partial charge in [0.1, 0.15) is 17.9 Å². The summed E-state index contributed by atoms with van der Waals surface area (Å²) in [7, 11) is 0. The number of ether oxygens (including phenoxy) is 1. The van der Waals surface area contributed by atoms with Crippen LogP contribution in [0, 0.1) is 6.92 Å². The fourth-order valence-corrected chi connectivity index (χ4v) is 1.79. The molecule has 0 aliphatic rings. The molecule has 1 aromatic carbocycles. The second-order valence-electron chi connectivity index (χ2n) is 4.50. The number of hydrogen-bond acceptors (Lipinski definition) is 4. The van der Waals surface area contributed by atoms with Crippen molar-refractivity contribution >= 4 is 11.6 Å². The van der Waals surface area contributed by atoms with Gasteiger partial charge in [0.05, 0.1) is 0 Å². The van der Waals surface area contributed by atoms with E-state index in [1.54, 1.807) is 37.3 Å². The molecule has 0 unspecified atom stereocenters. The number of anilines is 1. The predicted octanol–water partition coefficient (Wildman–Crippen LogP) is 1.27. The molecule has 0 radical (unpaired) electrons. The first-order chi connectivity index (χ1) is 10.1. The van der Waals surface area contributed by atoms with Gasteiger partial charge in [0.2, 0.25) is 0 Å². The number of carbonyl (C=O) groups is 1. The van der Waals surface area contributed by atoms with Crippen molar-refractivity contribution < 1.29 is 9.53 Å². The number of H-pyrrole nitrogens is 1. The van der Waals surface area contributed by atoms with Gasteiger partial charge in [-0.05, 0) is 31.2 Å². The number of nitrogens with two attached hydrogens (primary N) is 1. The van der Waals surface area contributed by atoms with Crippen LogP contribution in [0.5, 0.6) is 5.75 Å². The Bertz CT molecular complexity index is 695. The highest BCUT2D eigenvalue weighted by Gasteiger charge is 2.10. The van der Waals surface area contributed by atoms with Gasteiger partial charge in [0, 0.05) is 24.0 Å². The number of hydrogen-bond donors (Lipinski definition) is 3. The van der Waals surface area contributed by atoms with Crippen LogP contribution in [0.15, 0.2) is 41.2 Å². The average Bonchev–Trinajstić information content (AvgIpc) is 2.45. The van der Waals surface area contributed by atoms with Crippen molar-refractivity contribution in [3.63, 3.8) is 0 Å². The molecule has 0 aliphatic carbocycles. The van der Waals surface area contributed by atoms with E-state index in [1.165, 1.54) is 6.07 Å². The van der Waals surface area contributed by atoms with E-state index in [9.17, 15) is 9.59 Å². The first-order valence-electron chi connectivity index (χ1n) is 6.54. The van der Waals surface area contributed by atoms with E-state index in [-0.39, 0.29) is 5.56 Å². The Labute approximate surface area is 121 Å². The first kappa shape index (κ1) is 14.8. The van der Waals surface area contributed by atoms with E-state index in [1.807, 2.05) is 0 Å². The fraction of sp³-hybridized carbons (Fsp3) is 0.200. The summed E-state index contributed by atoms with van der Waals surface area (Å²) in [4.78, 5) is 26.4. The summed E-state index contributed by atoms with van der Waals surface area (Å²) in [6, 6.07) is 10.1. The van der Waals surface area contributed by atoms with E-state index in [0.29, 0.717) is 30.3 Å². The molecule has 0 spiro atoms. The summed E-state index contributed by atoms with van der Waals surface area (Å²) >= 11 is 0. The Morgan fingerprint density at radius 1 is 1.33 bits per heavy atom. The molecule has 2 aromatic rings. The summed E-state index contributed by atoms with van der Waals surface area (Å²) in [6.45, 7) is 2.56. The van der Waals surface area contributed by atoms with Crippen molar-refractivity contribution in [3.05, 3.63) is 58.0 Å². The Morgan fingerprint density at radius 3 is 2.86 bits per heavy atom. The zero-order valence-corrected chi connectivity index (χ0v) is 11.7. The maximum atomic E-state index is 12.1. The largest absolute Gasteiger partial charge is 0.492 e. The van der Waals surface area contributed by atoms with Gasteiger partial charge in [0.15, 0.2) is 0 Å². The summed E-state index contributed by atoms with van der Waals surface area (Å²) in [5.41, 5.74) is 6.27. The van der Waals surface area contributed by atoms with Crippen LogP contribution in [0.4, 0.5) is 5.69 Å². The molecule has 0 bridgehead atoms. The van der Waals surface area contributed by atoms with E-state index in [0.717, 1.165) is 0 Å². The Balaban J connectivity index is 2.14. The van der Waals surface area contributed by atoms with Crippen molar-refractivity contribution in [1.82, 2.24) is 4.98 Å². The lowest BCUT2D eigenvalue weighted by Crippen LogP contribution is -2.23. The second kappa shape index (κ2) is 6.71. The van der Waals surface area contributed by atoms with Gasteiger partial charge in [-0.2, -0.15) is 0 Å². The number of amides is 1. The number of aromatic nitrogens is 1. The van der Waals surface area contributed by atoms with E-state index in [2.05, 4.69) is 10.3 Å². The molecule has 0 atom stereocenters. The highest BCUT2D eigenvalue weighted by atomic mass is 16.5. The van der Waals surface area contributed by atoms with E-state index < -0.39 is 11.5 Å². The van der Waals surface area contributed by atoms with Crippen LogP contribution in [-0.2, 0) is 0 Å². The number of nitrogens with one attached hydrogen (secondary N) is 2. The zero-order chi connectivity index (χ0) is 15.2. The molecule has 6 nitrogen and oxygen atoms in total. The molecule has 0 saturated carbocycles. The zero-order valence-electron chi connectivity index (χ0n) is 11.7. The Morgan fingerprint density at radius 2 is 2.14 bits per heavy atom. The highest BCUT2D eigenvalue weighted by Crippen LogP contribution is 2.17. The molecule has 0 fully saturated rings. The van der Waals surface area contributed by atoms with Crippen LogP contribution in [0.1, 0.15) is 16.1 Å². The third kappa shape index (κ3) is 3.93. The van der Waals surface area contributed by atoms with Crippen molar-refractivity contribution in [2.75, 3.05) is 18.5 Å². The maximum absolute atomic E-state index is 12.1. The van der Waals surface area contributed by atoms with Gasteiger partial charge in [-0.25, -0.2) is 0 Å². The summed E-state index contributed by atoms with van der Waals surface area (Å²) < 4.78 is 5.38. The lowest BCUT2D eigenvalue weighted by molar-refractivity contribution is 0.102. The van der Waals surface area contributed by atoms with Gasteiger partial charge in [-0.3, -0.25) is 9.59 Å². The molecule has 1 amide bonds. The van der Waals surface area contributed by atoms with Crippen LogP contribution in [0.25, 0.3) is 0 Å². The molecular weight excluding hydrogens is 270 g/mol.